The number of nitrogens with one attached hydrogen (secondary N) is 2. The molecule has 1 rings (SSSR count). The van der Waals surface area contributed by atoms with Crippen molar-refractivity contribution >= 4 is 29.9 Å². The lowest BCUT2D eigenvalue weighted by Crippen LogP contribution is -2.43. The third-order valence-electron chi connectivity index (χ3n) is 3.58. The van der Waals surface area contributed by atoms with Crippen LogP contribution in [0.5, 0.6) is 0 Å². The monoisotopic (exact) mass is 428 g/mol. The Kier molecular flexibility index (Phi) is 15.7. The van der Waals surface area contributed by atoms with Crippen LogP contribution < -0.4 is 10.6 Å². The second-order valence-corrected chi connectivity index (χ2v) is 5.29. The van der Waals surface area contributed by atoms with Crippen molar-refractivity contribution in [2.75, 3.05) is 66.7 Å². The van der Waals surface area contributed by atoms with E-state index >= 15 is 0 Å². The zero-order valence-electron chi connectivity index (χ0n) is 14.1. The van der Waals surface area contributed by atoms with Crippen LogP contribution in [-0.4, -0.2) is 77.6 Å². The Balaban J connectivity index is 0.00000441. The lowest BCUT2D eigenvalue weighted by atomic mass is 10.1. The van der Waals surface area contributed by atoms with Crippen LogP contribution in [0.4, 0.5) is 0 Å². The van der Waals surface area contributed by atoms with E-state index in [1.54, 1.807) is 7.11 Å². The van der Waals surface area contributed by atoms with E-state index in [0.29, 0.717) is 13.2 Å². The quantitative estimate of drug-likeness (QED) is 0.238. The molecule has 0 saturated carbocycles. The number of likely N-dealkylation sites (tertiary alicyclic amines) is 1. The molecule has 1 saturated heterocycles. The molecule has 0 bridgehead atoms. The van der Waals surface area contributed by atoms with Crippen LogP contribution in [0.25, 0.3) is 0 Å². The molecule has 0 aromatic heterocycles. The van der Waals surface area contributed by atoms with Gasteiger partial charge in [0.2, 0.25) is 0 Å². The molecule has 1 heterocycles. The lowest BCUT2D eigenvalue weighted by molar-refractivity contribution is 0.0698. The molecule has 0 aliphatic carbocycles. The van der Waals surface area contributed by atoms with Crippen LogP contribution in [0.3, 0.4) is 0 Å². The molecule has 1 aliphatic rings. The molecule has 1 aliphatic heterocycles. The molecule has 2 N–H and O–H groups in total. The smallest absolute Gasteiger partial charge is 0.191 e. The number of methoxy groups -OCH3 is 1. The largest absolute Gasteiger partial charge is 0.382 e. The molecule has 1 fully saturated rings. The van der Waals surface area contributed by atoms with E-state index in [-0.39, 0.29) is 24.0 Å². The molecule has 0 aromatic carbocycles. The third kappa shape index (κ3) is 11.4. The molecule has 0 atom stereocenters. The summed E-state index contributed by atoms with van der Waals surface area (Å²) >= 11 is 0. The van der Waals surface area contributed by atoms with Crippen molar-refractivity contribution in [1.82, 2.24) is 15.5 Å². The van der Waals surface area contributed by atoms with Crippen molar-refractivity contribution in [1.29, 1.82) is 0 Å². The SMILES string of the molecule is CN=C(NCCCOCCOC)NCCN1CCCCC1.I. The Morgan fingerprint density at radius 1 is 1.05 bits per heavy atom. The van der Waals surface area contributed by atoms with E-state index in [1.165, 1.54) is 32.4 Å². The molecular weight excluding hydrogens is 395 g/mol. The van der Waals surface area contributed by atoms with Crippen LogP contribution in [0.15, 0.2) is 4.99 Å². The van der Waals surface area contributed by atoms with Gasteiger partial charge in [-0.25, -0.2) is 0 Å². The third-order valence-corrected chi connectivity index (χ3v) is 3.58. The summed E-state index contributed by atoms with van der Waals surface area (Å²) in [5, 5.41) is 6.67. The number of halogens is 1. The summed E-state index contributed by atoms with van der Waals surface area (Å²) in [6.07, 6.45) is 5.04. The van der Waals surface area contributed by atoms with Crippen molar-refractivity contribution in [3.05, 3.63) is 0 Å². The molecule has 0 aromatic rings. The maximum atomic E-state index is 5.42. The van der Waals surface area contributed by atoms with Crippen LogP contribution in [0, 0.1) is 0 Å². The molecule has 0 unspecified atom stereocenters. The van der Waals surface area contributed by atoms with Crippen molar-refractivity contribution in [2.24, 2.45) is 4.99 Å². The van der Waals surface area contributed by atoms with Gasteiger partial charge in [0.15, 0.2) is 5.96 Å². The van der Waals surface area contributed by atoms with Gasteiger partial charge in [-0.2, -0.15) is 0 Å². The fraction of sp³-hybridized carbons (Fsp3) is 0.933. The number of hydrogen-bond acceptors (Lipinski definition) is 4. The van der Waals surface area contributed by atoms with Gasteiger partial charge in [0.25, 0.3) is 0 Å². The van der Waals surface area contributed by atoms with Gasteiger partial charge in [-0.15, -0.1) is 24.0 Å². The zero-order valence-corrected chi connectivity index (χ0v) is 16.4. The summed E-state index contributed by atoms with van der Waals surface area (Å²) in [5.41, 5.74) is 0. The second-order valence-electron chi connectivity index (χ2n) is 5.29. The summed E-state index contributed by atoms with van der Waals surface area (Å²) in [5.74, 6) is 0.879. The van der Waals surface area contributed by atoms with Crippen molar-refractivity contribution in [3.8, 4) is 0 Å². The number of hydrogen-bond donors (Lipinski definition) is 2. The Morgan fingerprint density at radius 3 is 2.45 bits per heavy atom. The second kappa shape index (κ2) is 15.8. The minimum absolute atomic E-state index is 0. The first-order valence-electron chi connectivity index (χ1n) is 8.10. The highest BCUT2D eigenvalue weighted by atomic mass is 127. The average molecular weight is 428 g/mol. The van der Waals surface area contributed by atoms with E-state index in [4.69, 9.17) is 9.47 Å². The summed E-state index contributed by atoms with van der Waals surface area (Å²) in [6.45, 7) is 7.48. The Morgan fingerprint density at radius 2 is 1.77 bits per heavy atom. The van der Waals surface area contributed by atoms with Crippen LogP contribution >= 0.6 is 24.0 Å². The summed E-state index contributed by atoms with van der Waals surface area (Å²) in [6, 6.07) is 0. The highest BCUT2D eigenvalue weighted by Gasteiger charge is 2.09. The first kappa shape index (κ1) is 21.9. The fourth-order valence-electron chi connectivity index (χ4n) is 2.36. The van der Waals surface area contributed by atoms with Gasteiger partial charge >= 0.3 is 0 Å². The molecule has 0 spiro atoms. The fourth-order valence-corrected chi connectivity index (χ4v) is 2.36. The molecule has 0 radical (unpaired) electrons. The molecule has 7 heteroatoms. The van der Waals surface area contributed by atoms with E-state index in [1.807, 2.05) is 7.05 Å². The molecule has 22 heavy (non-hydrogen) atoms. The summed E-state index contributed by atoms with van der Waals surface area (Å²) < 4.78 is 10.3. The molecular formula is C15H33IN4O2. The van der Waals surface area contributed by atoms with E-state index in [9.17, 15) is 0 Å². The lowest BCUT2D eigenvalue weighted by Gasteiger charge is -2.26. The number of aliphatic imine (C=N–C) groups is 1. The predicted molar refractivity (Wildman–Crippen MR) is 102 cm³/mol. The number of nitrogens with zero attached hydrogens (tertiary/aromatic N) is 2. The number of rotatable bonds is 10. The Bertz CT molecular complexity index is 274. The van der Waals surface area contributed by atoms with Gasteiger partial charge in [-0.05, 0) is 32.4 Å². The van der Waals surface area contributed by atoms with Gasteiger partial charge in [-0.1, -0.05) is 6.42 Å². The molecule has 0 amide bonds. The van der Waals surface area contributed by atoms with Crippen LogP contribution in [0.1, 0.15) is 25.7 Å². The molecule has 132 valence electrons. The minimum atomic E-state index is 0. The average Bonchev–Trinajstić information content (AvgIpc) is 2.53. The Labute approximate surface area is 152 Å². The van der Waals surface area contributed by atoms with Crippen LogP contribution in [0.2, 0.25) is 0 Å². The number of piperidine rings is 1. The highest BCUT2D eigenvalue weighted by molar-refractivity contribution is 14.0. The predicted octanol–water partition coefficient (Wildman–Crippen LogP) is 1.31. The first-order chi connectivity index (χ1) is 10.4. The number of guanidine groups is 1. The van der Waals surface area contributed by atoms with E-state index in [0.717, 1.165) is 38.6 Å². The van der Waals surface area contributed by atoms with Gasteiger partial charge in [0.1, 0.15) is 0 Å². The first-order valence-corrected chi connectivity index (χ1v) is 8.10. The normalized spacial score (nSPS) is 16.2. The summed E-state index contributed by atoms with van der Waals surface area (Å²) in [4.78, 5) is 6.75. The summed E-state index contributed by atoms with van der Waals surface area (Å²) in [7, 11) is 3.50. The maximum Gasteiger partial charge on any atom is 0.191 e. The highest BCUT2D eigenvalue weighted by Crippen LogP contribution is 2.07. The van der Waals surface area contributed by atoms with Crippen molar-refractivity contribution < 1.29 is 9.47 Å². The van der Waals surface area contributed by atoms with E-state index in [2.05, 4.69) is 20.5 Å². The van der Waals surface area contributed by atoms with Crippen molar-refractivity contribution in [2.45, 2.75) is 25.7 Å². The van der Waals surface area contributed by atoms with Crippen molar-refractivity contribution in [3.63, 3.8) is 0 Å². The van der Waals surface area contributed by atoms with Gasteiger partial charge in [0.05, 0.1) is 13.2 Å². The number of ether oxygens (including phenoxy) is 2. The molecule has 6 nitrogen and oxygen atoms in total. The van der Waals surface area contributed by atoms with Gasteiger partial charge in [-0.3, -0.25) is 4.99 Å². The zero-order chi connectivity index (χ0) is 15.2. The van der Waals surface area contributed by atoms with E-state index < -0.39 is 0 Å². The maximum absolute atomic E-state index is 5.42. The Hall–Kier alpha value is -0.120. The van der Waals surface area contributed by atoms with Gasteiger partial charge < -0.3 is 25.0 Å². The topological polar surface area (TPSA) is 58.1 Å². The minimum Gasteiger partial charge on any atom is -0.382 e. The standard InChI is InChI=1S/C15H32N4O2.HI/c1-16-15(17-7-6-12-21-14-13-20-2)18-8-11-19-9-4-3-5-10-19;/h3-14H2,1-2H3,(H2,16,17,18);1H. The van der Waals surface area contributed by atoms with Crippen LogP contribution in [-0.2, 0) is 9.47 Å². The van der Waals surface area contributed by atoms with Gasteiger partial charge in [0, 0.05) is 40.4 Å².